The highest BCUT2D eigenvalue weighted by atomic mass is 127. The molecular weight excluding hydrogens is 301 g/mol. The van der Waals surface area contributed by atoms with Crippen molar-refractivity contribution in [3.63, 3.8) is 0 Å². The molecule has 1 N–H and O–H groups in total. The van der Waals surface area contributed by atoms with E-state index in [1.54, 1.807) is 0 Å². The third-order valence-electron chi connectivity index (χ3n) is 2.47. The van der Waals surface area contributed by atoms with Gasteiger partial charge in [0.05, 0.1) is 0 Å². The van der Waals surface area contributed by atoms with E-state index in [2.05, 4.69) is 40.1 Å². The van der Waals surface area contributed by atoms with Gasteiger partial charge in [0.25, 0.3) is 0 Å². The second-order valence-corrected chi connectivity index (χ2v) is 4.88. The second kappa shape index (κ2) is 4.79. The Morgan fingerprint density at radius 3 is 2.73 bits per heavy atom. The van der Waals surface area contributed by atoms with E-state index in [1.807, 2.05) is 24.3 Å². The lowest BCUT2D eigenvalue weighted by atomic mass is 10.1. The highest BCUT2D eigenvalue weighted by molar-refractivity contribution is 14.1. The van der Waals surface area contributed by atoms with Gasteiger partial charge in [0, 0.05) is 15.2 Å². The number of allylic oxidation sites excluding steroid dienone is 2. The van der Waals surface area contributed by atoms with E-state index in [-0.39, 0.29) is 11.8 Å². The Hall–Kier alpha value is -0.840. The number of nitrogens with one attached hydrogen (secondary N) is 1. The number of anilines is 1. The van der Waals surface area contributed by atoms with Gasteiger partial charge in [0.2, 0.25) is 5.91 Å². The summed E-state index contributed by atoms with van der Waals surface area (Å²) in [5, 5.41) is 2.94. The quantitative estimate of drug-likeness (QED) is 0.659. The predicted octanol–water partition coefficient (Wildman–Crippen LogP) is 3.20. The van der Waals surface area contributed by atoms with Crippen LogP contribution in [0.4, 0.5) is 5.69 Å². The van der Waals surface area contributed by atoms with Crippen LogP contribution in [-0.4, -0.2) is 5.91 Å². The van der Waals surface area contributed by atoms with Crippen LogP contribution in [-0.2, 0) is 4.79 Å². The topological polar surface area (TPSA) is 29.1 Å². The number of benzene rings is 1. The molecule has 1 aliphatic rings. The van der Waals surface area contributed by atoms with Crippen molar-refractivity contribution in [2.75, 3.05) is 5.32 Å². The zero-order chi connectivity index (χ0) is 10.7. The van der Waals surface area contributed by atoms with Gasteiger partial charge in [-0.2, -0.15) is 0 Å². The van der Waals surface area contributed by atoms with Gasteiger partial charge in [0.15, 0.2) is 0 Å². The number of amides is 1. The molecule has 2 rings (SSSR count). The summed E-state index contributed by atoms with van der Waals surface area (Å²) in [6, 6.07) is 7.85. The van der Waals surface area contributed by atoms with Crippen LogP contribution < -0.4 is 5.32 Å². The maximum absolute atomic E-state index is 11.8. The fourth-order valence-electron chi connectivity index (χ4n) is 1.64. The van der Waals surface area contributed by atoms with E-state index in [9.17, 15) is 4.79 Å². The van der Waals surface area contributed by atoms with E-state index in [1.165, 1.54) is 0 Å². The minimum Gasteiger partial charge on any atom is -0.326 e. The number of halogens is 1. The molecule has 0 unspecified atom stereocenters. The first-order valence-electron chi connectivity index (χ1n) is 4.97. The minimum atomic E-state index is 0.127. The van der Waals surface area contributed by atoms with Crippen molar-refractivity contribution >= 4 is 34.2 Å². The summed E-state index contributed by atoms with van der Waals surface area (Å²) < 4.78 is 1.13. The van der Waals surface area contributed by atoms with Crippen molar-refractivity contribution < 1.29 is 4.79 Å². The maximum atomic E-state index is 11.8. The molecule has 0 radical (unpaired) electrons. The summed E-state index contributed by atoms with van der Waals surface area (Å²) in [7, 11) is 0. The molecule has 0 aliphatic heterocycles. The summed E-state index contributed by atoms with van der Waals surface area (Å²) >= 11 is 2.24. The molecule has 15 heavy (non-hydrogen) atoms. The van der Waals surface area contributed by atoms with Crippen LogP contribution in [0.2, 0.25) is 0 Å². The van der Waals surface area contributed by atoms with Crippen LogP contribution in [0.5, 0.6) is 0 Å². The lowest BCUT2D eigenvalue weighted by Crippen LogP contribution is -2.20. The smallest absolute Gasteiger partial charge is 0.228 e. The molecule has 1 aromatic carbocycles. The molecule has 3 heteroatoms. The largest absolute Gasteiger partial charge is 0.326 e. The van der Waals surface area contributed by atoms with E-state index >= 15 is 0 Å². The van der Waals surface area contributed by atoms with Gasteiger partial charge in [-0.3, -0.25) is 4.79 Å². The van der Waals surface area contributed by atoms with Crippen molar-refractivity contribution in [1.29, 1.82) is 0 Å². The average Bonchev–Trinajstić information content (AvgIpc) is 2.70. The fourth-order valence-corrected chi connectivity index (χ4v) is 2.18. The molecule has 1 aromatic rings. The van der Waals surface area contributed by atoms with Crippen molar-refractivity contribution in [2.24, 2.45) is 5.92 Å². The molecule has 2 nitrogen and oxygen atoms in total. The molecule has 0 aromatic heterocycles. The SMILES string of the molecule is O=C(Nc1cccc(I)c1)C1CC=CC1. The highest BCUT2D eigenvalue weighted by Crippen LogP contribution is 2.20. The summed E-state index contributed by atoms with van der Waals surface area (Å²) in [6.45, 7) is 0. The van der Waals surface area contributed by atoms with Crippen molar-refractivity contribution in [3.8, 4) is 0 Å². The molecule has 0 bridgehead atoms. The molecule has 0 fully saturated rings. The first-order valence-corrected chi connectivity index (χ1v) is 6.05. The number of carbonyl (C=O) groups excluding carboxylic acids is 1. The lowest BCUT2D eigenvalue weighted by Gasteiger charge is -2.10. The first kappa shape index (κ1) is 10.7. The summed E-state index contributed by atoms with van der Waals surface area (Å²) in [4.78, 5) is 11.8. The third kappa shape index (κ3) is 2.81. The van der Waals surface area contributed by atoms with Gasteiger partial charge < -0.3 is 5.32 Å². The minimum absolute atomic E-state index is 0.127. The Morgan fingerprint density at radius 1 is 1.33 bits per heavy atom. The van der Waals surface area contributed by atoms with Crippen molar-refractivity contribution in [3.05, 3.63) is 40.0 Å². The van der Waals surface area contributed by atoms with Gasteiger partial charge in [-0.1, -0.05) is 18.2 Å². The van der Waals surface area contributed by atoms with Gasteiger partial charge >= 0.3 is 0 Å². The van der Waals surface area contributed by atoms with Crippen molar-refractivity contribution in [2.45, 2.75) is 12.8 Å². The van der Waals surface area contributed by atoms with Crippen molar-refractivity contribution in [1.82, 2.24) is 0 Å². The van der Waals surface area contributed by atoms with E-state index in [4.69, 9.17) is 0 Å². The zero-order valence-electron chi connectivity index (χ0n) is 8.24. The molecule has 0 saturated carbocycles. The predicted molar refractivity (Wildman–Crippen MR) is 69.7 cm³/mol. The number of hydrogen-bond acceptors (Lipinski definition) is 1. The maximum Gasteiger partial charge on any atom is 0.228 e. The number of rotatable bonds is 2. The molecule has 0 heterocycles. The third-order valence-corrected chi connectivity index (χ3v) is 3.14. The van der Waals surface area contributed by atoms with Crippen LogP contribution in [0.1, 0.15) is 12.8 Å². The van der Waals surface area contributed by atoms with Crippen LogP contribution in [0, 0.1) is 9.49 Å². The molecule has 1 amide bonds. The monoisotopic (exact) mass is 313 g/mol. The molecule has 0 atom stereocenters. The summed E-state index contributed by atoms with van der Waals surface area (Å²) in [5.41, 5.74) is 0.888. The Morgan fingerprint density at radius 2 is 2.07 bits per heavy atom. The number of hydrogen-bond donors (Lipinski definition) is 1. The Balaban J connectivity index is 1.99. The zero-order valence-corrected chi connectivity index (χ0v) is 10.4. The van der Waals surface area contributed by atoms with E-state index in [0.717, 1.165) is 22.1 Å². The molecule has 78 valence electrons. The summed E-state index contributed by atoms with van der Waals surface area (Å²) in [6.07, 6.45) is 5.88. The normalized spacial score (nSPS) is 15.5. The molecule has 0 saturated heterocycles. The molecule has 1 aliphatic carbocycles. The van der Waals surface area contributed by atoms with E-state index in [0.29, 0.717) is 0 Å². The van der Waals surface area contributed by atoms with Crippen LogP contribution in [0.15, 0.2) is 36.4 Å². The lowest BCUT2D eigenvalue weighted by molar-refractivity contribution is -0.119. The van der Waals surface area contributed by atoms with Gasteiger partial charge in [0.1, 0.15) is 0 Å². The second-order valence-electron chi connectivity index (χ2n) is 3.64. The van der Waals surface area contributed by atoms with Gasteiger partial charge in [-0.15, -0.1) is 0 Å². The Labute approximate surface area is 103 Å². The first-order chi connectivity index (χ1) is 7.25. The standard InChI is InChI=1S/C12H12INO/c13-10-6-3-7-11(8-10)14-12(15)9-4-1-2-5-9/h1-3,6-9H,4-5H2,(H,14,15). The average molecular weight is 313 g/mol. The molecule has 0 spiro atoms. The van der Waals surface area contributed by atoms with Gasteiger partial charge in [-0.05, 0) is 53.6 Å². The number of carbonyl (C=O) groups is 1. The Bertz CT molecular complexity index is 392. The summed E-state index contributed by atoms with van der Waals surface area (Å²) in [5.74, 6) is 0.255. The van der Waals surface area contributed by atoms with Crippen LogP contribution >= 0.6 is 22.6 Å². The van der Waals surface area contributed by atoms with Crippen LogP contribution in [0.3, 0.4) is 0 Å². The fraction of sp³-hybridized carbons (Fsp3) is 0.250. The van der Waals surface area contributed by atoms with E-state index < -0.39 is 0 Å². The highest BCUT2D eigenvalue weighted by Gasteiger charge is 2.18. The van der Waals surface area contributed by atoms with Crippen LogP contribution in [0.25, 0.3) is 0 Å². The molecular formula is C12H12INO. The van der Waals surface area contributed by atoms with Gasteiger partial charge in [-0.25, -0.2) is 0 Å². The Kier molecular flexibility index (Phi) is 3.41.